The number of hydrogen-bond acceptors (Lipinski definition) is 3. The lowest BCUT2D eigenvalue weighted by Gasteiger charge is -2.20. The van der Waals surface area contributed by atoms with Crippen LogP contribution in [0.1, 0.15) is 49.0 Å². The van der Waals surface area contributed by atoms with Crippen LogP contribution in [0.4, 0.5) is 0 Å². The molecule has 0 saturated heterocycles. The second-order valence-corrected chi connectivity index (χ2v) is 6.09. The number of thiophene rings is 1. The van der Waals surface area contributed by atoms with Gasteiger partial charge in [0.2, 0.25) is 0 Å². The Kier molecular flexibility index (Phi) is 6.43. The molecule has 0 atom stereocenters. The van der Waals surface area contributed by atoms with Crippen LogP contribution in [0.2, 0.25) is 0 Å². The van der Waals surface area contributed by atoms with Crippen molar-refractivity contribution in [1.82, 2.24) is 0 Å². The molecule has 1 N–H and O–H groups in total. The summed E-state index contributed by atoms with van der Waals surface area (Å²) in [5.41, 5.74) is 1.04. The lowest BCUT2D eigenvalue weighted by molar-refractivity contribution is 0.0755. The summed E-state index contributed by atoms with van der Waals surface area (Å²) >= 11 is 1.70. The maximum atomic E-state index is 8.67. The second-order valence-electron chi connectivity index (χ2n) is 5.10. The summed E-state index contributed by atoms with van der Waals surface area (Å²) in [6.07, 6.45) is 7.36. The summed E-state index contributed by atoms with van der Waals surface area (Å²) in [5, 5.41) is 10.7. The molecule has 1 heterocycles. The number of aliphatic hydroxyl groups is 1. The lowest BCUT2D eigenvalue weighted by Crippen LogP contribution is -2.12. The first kappa shape index (κ1) is 14.6. The normalized spacial score (nSPS) is 16.1. The van der Waals surface area contributed by atoms with Gasteiger partial charge in [0.15, 0.2) is 0 Å². The fourth-order valence-corrected chi connectivity index (χ4v) is 3.17. The minimum atomic E-state index is 0.133. The molecule has 0 amide bonds. The second kappa shape index (κ2) is 8.37. The van der Waals surface area contributed by atoms with Gasteiger partial charge in [-0.05, 0) is 24.8 Å². The molecule has 1 saturated carbocycles. The summed E-state index contributed by atoms with van der Waals surface area (Å²) in [7, 11) is 0. The number of rotatable bonds is 5. The molecule has 1 aromatic heterocycles. The Morgan fingerprint density at radius 2 is 2.16 bits per heavy atom. The molecule has 104 valence electrons. The average Bonchev–Trinajstić information content (AvgIpc) is 2.88. The Hall–Kier alpha value is -0.820. The first-order chi connectivity index (χ1) is 9.38. The van der Waals surface area contributed by atoms with E-state index in [0.717, 1.165) is 18.1 Å². The largest absolute Gasteiger partial charge is 0.395 e. The number of aliphatic hydroxyl groups excluding tert-OH is 1. The highest BCUT2D eigenvalue weighted by molar-refractivity contribution is 7.10. The third-order valence-corrected chi connectivity index (χ3v) is 4.36. The SMILES string of the molecule is OCCC#Cc1csc(COCC2CCCCC2)c1. The molecule has 19 heavy (non-hydrogen) atoms. The Balaban J connectivity index is 1.69. The number of hydrogen-bond donors (Lipinski definition) is 1. The van der Waals surface area contributed by atoms with Crippen LogP contribution in [-0.2, 0) is 11.3 Å². The lowest BCUT2D eigenvalue weighted by atomic mass is 9.90. The molecule has 1 fully saturated rings. The molecule has 1 aliphatic carbocycles. The highest BCUT2D eigenvalue weighted by Gasteiger charge is 2.13. The summed E-state index contributed by atoms with van der Waals surface area (Å²) in [6.45, 7) is 1.75. The van der Waals surface area contributed by atoms with Crippen molar-refractivity contribution in [3.05, 3.63) is 21.9 Å². The molecule has 2 rings (SSSR count). The minimum Gasteiger partial charge on any atom is -0.395 e. The molecule has 0 aliphatic heterocycles. The van der Waals surface area contributed by atoms with Crippen molar-refractivity contribution in [2.45, 2.75) is 45.1 Å². The van der Waals surface area contributed by atoms with Crippen molar-refractivity contribution < 1.29 is 9.84 Å². The molecule has 0 radical (unpaired) electrons. The highest BCUT2D eigenvalue weighted by Crippen LogP contribution is 2.24. The van der Waals surface area contributed by atoms with Crippen LogP contribution in [0.5, 0.6) is 0 Å². The van der Waals surface area contributed by atoms with Gasteiger partial charge in [0.05, 0.1) is 13.2 Å². The van der Waals surface area contributed by atoms with E-state index in [1.54, 1.807) is 11.3 Å². The van der Waals surface area contributed by atoms with Crippen molar-refractivity contribution in [2.75, 3.05) is 13.2 Å². The van der Waals surface area contributed by atoms with E-state index in [4.69, 9.17) is 9.84 Å². The fraction of sp³-hybridized carbons (Fsp3) is 0.625. The molecule has 2 nitrogen and oxygen atoms in total. The average molecular weight is 278 g/mol. The van der Waals surface area contributed by atoms with Crippen molar-refractivity contribution >= 4 is 11.3 Å². The predicted molar refractivity (Wildman–Crippen MR) is 79.1 cm³/mol. The Morgan fingerprint density at radius 3 is 2.95 bits per heavy atom. The van der Waals surface area contributed by atoms with Gasteiger partial charge in [0.25, 0.3) is 0 Å². The number of ether oxygens (including phenoxy) is 1. The summed E-state index contributed by atoms with van der Waals surface area (Å²) in [4.78, 5) is 1.24. The van der Waals surface area contributed by atoms with Crippen molar-refractivity contribution in [2.24, 2.45) is 5.92 Å². The van der Waals surface area contributed by atoms with Crippen molar-refractivity contribution in [3.63, 3.8) is 0 Å². The van der Waals surface area contributed by atoms with Gasteiger partial charge in [0.1, 0.15) is 0 Å². The van der Waals surface area contributed by atoms with E-state index in [2.05, 4.69) is 23.3 Å². The van der Waals surface area contributed by atoms with E-state index < -0.39 is 0 Å². The van der Waals surface area contributed by atoms with Crippen LogP contribution >= 0.6 is 11.3 Å². The molecule has 3 heteroatoms. The summed E-state index contributed by atoms with van der Waals surface area (Å²) in [6, 6.07) is 2.09. The van der Waals surface area contributed by atoms with Gasteiger partial charge >= 0.3 is 0 Å². The maximum Gasteiger partial charge on any atom is 0.0809 e. The molecular formula is C16H22O2S. The maximum absolute atomic E-state index is 8.67. The Morgan fingerprint density at radius 1 is 1.32 bits per heavy atom. The third-order valence-electron chi connectivity index (χ3n) is 3.45. The Labute approximate surface area is 119 Å². The van der Waals surface area contributed by atoms with E-state index in [1.165, 1.54) is 37.0 Å². The van der Waals surface area contributed by atoms with E-state index in [0.29, 0.717) is 13.0 Å². The zero-order valence-corrected chi connectivity index (χ0v) is 12.2. The van der Waals surface area contributed by atoms with Crippen LogP contribution in [0, 0.1) is 17.8 Å². The first-order valence-corrected chi connectivity index (χ1v) is 8.01. The van der Waals surface area contributed by atoms with Crippen LogP contribution in [0.25, 0.3) is 0 Å². The van der Waals surface area contributed by atoms with Gasteiger partial charge in [-0.3, -0.25) is 0 Å². The van der Waals surface area contributed by atoms with Crippen LogP contribution in [0.15, 0.2) is 11.4 Å². The topological polar surface area (TPSA) is 29.5 Å². The summed E-state index contributed by atoms with van der Waals surface area (Å²) < 4.78 is 5.82. The first-order valence-electron chi connectivity index (χ1n) is 7.13. The monoisotopic (exact) mass is 278 g/mol. The van der Waals surface area contributed by atoms with Gasteiger partial charge in [0, 0.05) is 28.8 Å². The van der Waals surface area contributed by atoms with Gasteiger partial charge in [-0.25, -0.2) is 0 Å². The van der Waals surface area contributed by atoms with E-state index in [9.17, 15) is 0 Å². The van der Waals surface area contributed by atoms with Crippen LogP contribution < -0.4 is 0 Å². The highest BCUT2D eigenvalue weighted by atomic mass is 32.1. The van der Waals surface area contributed by atoms with Gasteiger partial charge < -0.3 is 9.84 Å². The zero-order valence-electron chi connectivity index (χ0n) is 11.4. The summed E-state index contributed by atoms with van der Waals surface area (Å²) in [5.74, 6) is 6.76. The molecule has 1 aliphatic rings. The predicted octanol–water partition coefficient (Wildman–Crippen LogP) is 3.58. The van der Waals surface area contributed by atoms with Crippen molar-refractivity contribution in [3.8, 4) is 11.8 Å². The molecule has 0 spiro atoms. The van der Waals surface area contributed by atoms with Crippen LogP contribution in [-0.4, -0.2) is 18.3 Å². The molecular weight excluding hydrogens is 256 g/mol. The van der Waals surface area contributed by atoms with Crippen LogP contribution in [0.3, 0.4) is 0 Å². The van der Waals surface area contributed by atoms with E-state index in [-0.39, 0.29) is 6.61 Å². The Bertz CT molecular complexity index is 421. The van der Waals surface area contributed by atoms with Gasteiger partial charge in [-0.2, -0.15) is 0 Å². The standard InChI is InChI=1S/C16H22O2S/c17-9-5-4-8-15-10-16(19-13-15)12-18-11-14-6-2-1-3-7-14/h10,13-14,17H,1-3,5-7,9,11-12H2. The third kappa shape index (κ3) is 5.36. The van der Waals surface area contributed by atoms with Crippen molar-refractivity contribution in [1.29, 1.82) is 0 Å². The minimum absolute atomic E-state index is 0.133. The molecule has 1 aromatic rings. The van der Waals surface area contributed by atoms with Gasteiger partial charge in [-0.15, -0.1) is 11.3 Å². The van der Waals surface area contributed by atoms with E-state index >= 15 is 0 Å². The fourth-order valence-electron chi connectivity index (χ4n) is 2.42. The van der Waals surface area contributed by atoms with Gasteiger partial charge in [-0.1, -0.05) is 31.1 Å². The zero-order chi connectivity index (χ0) is 13.3. The smallest absolute Gasteiger partial charge is 0.0809 e. The quantitative estimate of drug-likeness (QED) is 0.834. The molecule has 0 bridgehead atoms. The molecule has 0 aromatic carbocycles. The molecule has 0 unspecified atom stereocenters. The van der Waals surface area contributed by atoms with E-state index in [1.807, 2.05) is 0 Å².